The van der Waals surface area contributed by atoms with E-state index in [4.69, 9.17) is 0 Å². The predicted octanol–water partition coefficient (Wildman–Crippen LogP) is 1.63. The van der Waals surface area contributed by atoms with Crippen molar-refractivity contribution in [1.82, 2.24) is 9.97 Å². The van der Waals surface area contributed by atoms with Crippen LogP contribution in [0.3, 0.4) is 0 Å². The van der Waals surface area contributed by atoms with E-state index in [2.05, 4.69) is 14.7 Å². The molecule has 2 aromatic carbocycles. The van der Waals surface area contributed by atoms with Crippen LogP contribution in [0.1, 0.15) is 11.1 Å². The first-order valence-corrected chi connectivity index (χ1v) is 8.62. The smallest absolute Gasteiger partial charge is 0.314 e. The van der Waals surface area contributed by atoms with Gasteiger partial charge in [-0.15, -0.1) is 0 Å². The molecule has 7 nitrogen and oxygen atoms in total. The lowest BCUT2D eigenvalue weighted by Crippen LogP contribution is -2.29. The Morgan fingerprint density at radius 3 is 2.08 bits per heavy atom. The van der Waals surface area contributed by atoms with Crippen LogP contribution in [0.4, 0.5) is 5.69 Å². The van der Waals surface area contributed by atoms with Gasteiger partial charge >= 0.3 is 11.1 Å². The number of aryl methyl sites for hydroxylation is 2. The zero-order valence-electron chi connectivity index (χ0n) is 13.0. The van der Waals surface area contributed by atoms with Crippen LogP contribution in [0.15, 0.2) is 50.9 Å². The van der Waals surface area contributed by atoms with Crippen LogP contribution in [-0.2, 0) is 10.0 Å². The molecule has 3 N–H and O–H groups in total. The first-order chi connectivity index (χ1) is 11.3. The van der Waals surface area contributed by atoms with Crippen molar-refractivity contribution in [1.29, 1.82) is 0 Å². The second-order valence-corrected chi connectivity index (χ2v) is 7.17. The molecular weight excluding hydrogens is 330 g/mol. The minimum Gasteiger partial charge on any atom is -0.316 e. The number of fused-ring (bicyclic) bond motifs is 1. The van der Waals surface area contributed by atoms with Crippen LogP contribution >= 0.6 is 0 Å². The summed E-state index contributed by atoms with van der Waals surface area (Å²) in [5, 5.41) is 0. The molecule has 0 saturated carbocycles. The third-order valence-electron chi connectivity index (χ3n) is 3.72. The third kappa shape index (κ3) is 2.83. The summed E-state index contributed by atoms with van der Waals surface area (Å²) in [6.07, 6.45) is 0. The topological polar surface area (TPSA) is 112 Å². The van der Waals surface area contributed by atoms with E-state index in [1.165, 1.54) is 18.2 Å². The number of hydrogen-bond acceptors (Lipinski definition) is 4. The van der Waals surface area contributed by atoms with Gasteiger partial charge in [0.05, 0.1) is 21.6 Å². The molecule has 0 amide bonds. The molecule has 1 aromatic heterocycles. The van der Waals surface area contributed by atoms with Crippen LogP contribution in [-0.4, -0.2) is 18.4 Å². The van der Waals surface area contributed by atoms with Crippen molar-refractivity contribution in [2.75, 3.05) is 4.72 Å². The fraction of sp³-hybridized carbons (Fsp3) is 0.125. The van der Waals surface area contributed by atoms with Gasteiger partial charge in [-0.1, -0.05) is 18.2 Å². The summed E-state index contributed by atoms with van der Waals surface area (Å²) in [6.45, 7) is 3.63. The van der Waals surface area contributed by atoms with Crippen molar-refractivity contribution < 1.29 is 8.42 Å². The number of para-hydroxylation sites is 1. The molecule has 1 heterocycles. The van der Waals surface area contributed by atoms with Gasteiger partial charge in [-0.05, 0) is 43.2 Å². The minimum atomic E-state index is -3.84. The highest BCUT2D eigenvalue weighted by atomic mass is 32.2. The van der Waals surface area contributed by atoms with Gasteiger partial charge in [-0.3, -0.25) is 14.3 Å². The van der Waals surface area contributed by atoms with Crippen LogP contribution in [0.25, 0.3) is 11.0 Å². The number of H-pyrrole nitrogens is 2. The molecule has 0 bridgehead atoms. The molecule has 3 aromatic rings. The Labute approximate surface area is 137 Å². The molecule has 0 spiro atoms. The summed E-state index contributed by atoms with van der Waals surface area (Å²) in [6, 6.07) is 9.58. The van der Waals surface area contributed by atoms with Crippen molar-refractivity contribution in [3.8, 4) is 0 Å². The number of rotatable bonds is 3. The summed E-state index contributed by atoms with van der Waals surface area (Å²) in [7, 11) is -3.84. The van der Waals surface area contributed by atoms with Gasteiger partial charge in [0.25, 0.3) is 10.0 Å². The Hall–Kier alpha value is -2.87. The SMILES string of the molecule is Cc1cccc(C)c1NS(=O)(=O)c1ccc2[nH]c(=O)c(=O)[nH]c2c1. The lowest BCUT2D eigenvalue weighted by Gasteiger charge is -2.13. The third-order valence-corrected chi connectivity index (χ3v) is 5.07. The molecule has 0 aliphatic carbocycles. The quantitative estimate of drug-likeness (QED) is 0.626. The maximum atomic E-state index is 12.6. The van der Waals surface area contributed by atoms with E-state index >= 15 is 0 Å². The summed E-state index contributed by atoms with van der Waals surface area (Å²) >= 11 is 0. The van der Waals surface area contributed by atoms with E-state index in [-0.39, 0.29) is 10.4 Å². The number of aromatic amines is 2. The van der Waals surface area contributed by atoms with Crippen molar-refractivity contribution in [3.05, 3.63) is 68.2 Å². The van der Waals surface area contributed by atoms with Gasteiger partial charge in [-0.2, -0.15) is 0 Å². The van der Waals surface area contributed by atoms with Gasteiger partial charge in [0.2, 0.25) is 0 Å². The molecule has 0 unspecified atom stereocenters. The Morgan fingerprint density at radius 1 is 0.875 bits per heavy atom. The van der Waals surface area contributed by atoms with Crippen LogP contribution in [0.2, 0.25) is 0 Å². The number of anilines is 1. The highest BCUT2D eigenvalue weighted by Crippen LogP contribution is 2.24. The Balaban J connectivity index is 2.10. The van der Waals surface area contributed by atoms with Crippen LogP contribution < -0.4 is 15.8 Å². The Kier molecular flexibility index (Phi) is 3.76. The molecule has 0 atom stereocenters. The fourth-order valence-corrected chi connectivity index (χ4v) is 3.66. The normalized spacial score (nSPS) is 11.6. The van der Waals surface area contributed by atoms with Crippen molar-refractivity contribution in [2.45, 2.75) is 18.7 Å². The van der Waals surface area contributed by atoms with E-state index in [1.54, 1.807) is 0 Å². The summed E-state index contributed by atoms with van der Waals surface area (Å²) in [5.74, 6) is 0. The molecule has 3 rings (SSSR count). The summed E-state index contributed by atoms with van der Waals surface area (Å²) in [4.78, 5) is 27.5. The number of benzene rings is 2. The van der Waals surface area contributed by atoms with Crippen LogP contribution in [0, 0.1) is 13.8 Å². The lowest BCUT2D eigenvalue weighted by atomic mass is 10.1. The van der Waals surface area contributed by atoms with Gasteiger partial charge in [-0.25, -0.2) is 8.42 Å². The maximum Gasteiger partial charge on any atom is 0.314 e. The number of hydrogen-bond donors (Lipinski definition) is 3. The first-order valence-electron chi connectivity index (χ1n) is 7.13. The second kappa shape index (κ2) is 5.64. The molecule has 0 saturated heterocycles. The van der Waals surface area contributed by atoms with E-state index in [1.807, 2.05) is 32.0 Å². The van der Waals surface area contributed by atoms with Crippen molar-refractivity contribution in [3.63, 3.8) is 0 Å². The Morgan fingerprint density at radius 2 is 1.46 bits per heavy atom. The summed E-state index contributed by atoms with van der Waals surface area (Å²) < 4.78 is 27.8. The molecule has 0 radical (unpaired) electrons. The van der Waals surface area contributed by atoms with Crippen molar-refractivity contribution in [2.24, 2.45) is 0 Å². The highest BCUT2D eigenvalue weighted by molar-refractivity contribution is 7.92. The largest absolute Gasteiger partial charge is 0.316 e. The molecule has 124 valence electrons. The molecule has 0 aliphatic heterocycles. The molecule has 24 heavy (non-hydrogen) atoms. The molecular formula is C16H15N3O4S. The fourth-order valence-electron chi connectivity index (χ4n) is 2.43. The zero-order chi connectivity index (χ0) is 17.5. The first kappa shape index (κ1) is 16.0. The summed E-state index contributed by atoms with van der Waals surface area (Å²) in [5.41, 5.74) is 1.10. The van der Waals surface area contributed by atoms with Gasteiger partial charge in [0.1, 0.15) is 0 Å². The van der Waals surface area contributed by atoms with E-state index in [0.29, 0.717) is 11.2 Å². The van der Waals surface area contributed by atoms with Crippen molar-refractivity contribution >= 4 is 26.7 Å². The maximum absolute atomic E-state index is 12.6. The van der Waals surface area contributed by atoms with Gasteiger partial charge in [0, 0.05) is 0 Å². The minimum absolute atomic E-state index is 0.0136. The van der Waals surface area contributed by atoms with Crippen LogP contribution in [0.5, 0.6) is 0 Å². The highest BCUT2D eigenvalue weighted by Gasteiger charge is 2.17. The van der Waals surface area contributed by atoms with E-state index in [9.17, 15) is 18.0 Å². The number of aromatic nitrogens is 2. The Bertz CT molecular complexity index is 1140. The average Bonchev–Trinajstić information content (AvgIpc) is 2.52. The monoisotopic (exact) mass is 345 g/mol. The number of nitrogens with one attached hydrogen (secondary N) is 3. The standard InChI is InChI=1S/C16H15N3O4S/c1-9-4-3-5-10(2)14(9)19-24(22,23)11-6-7-12-13(8-11)18-16(21)15(20)17-12/h3-8,19H,1-2H3,(H,17,20)(H,18,21). The molecule has 0 fully saturated rings. The average molecular weight is 345 g/mol. The lowest BCUT2D eigenvalue weighted by molar-refractivity contribution is 0.601. The molecule has 0 aliphatic rings. The predicted molar refractivity (Wildman–Crippen MR) is 91.9 cm³/mol. The zero-order valence-corrected chi connectivity index (χ0v) is 13.8. The second-order valence-electron chi connectivity index (χ2n) is 5.49. The van der Waals surface area contributed by atoms with Gasteiger partial charge < -0.3 is 9.97 Å². The number of sulfonamides is 1. The van der Waals surface area contributed by atoms with E-state index < -0.39 is 21.1 Å². The molecule has 8 heteroatoms. The van der Waals surface area contributed by atoms with E-state index in [0.717, 1.165) is 11.1 Å². The van der Waals surface area contributed by atoms with Gasteiger partial charge in [0.15, 0.2) is 0 Å².